The third-order valence-corrected chi connectivity index (χ3v) is 6.74. The molecule has 3 heterocycles. The van der Waals surface area contributed by atoms with Crippen LogP contribution in [0.25, 0.3) is 11.8 Å². The fourth-order valence-electron chi connectivity index (χ4n) is 3.93. The summed E-state index contributed by atoms with van der Waals surface area (Å²) in [6.45, 7) is 4.88. The summed E-state index contributed by atoms with van der Waals surface area (Å²) in [5.74, 6) is -1.16. The van der Waals surface area contributed by atoms with Crippen LogP contribution < -0.4 is 0 Å². The highest BCUT2D eigenvalue weighted by molar-refractivity contribution is 8.18. The Labute approximate surface area is 188 Å². The van der Waals surface area contributed by atoms with Crippen molar-refractivity contribution in [2.75, 3.05) is 19.6 Å². The van der Waals surface area contributed by atoms with Gasteiger partial charge >= 0.3 is 0 Å². The van der Waals surface area contributed by atoms with Crippen LogP contribution >= 0.6 is 23.4 Å². The minimum atomic E-state index is -0.495. The lowest BCUT2D eigenvalue weighted by atomic mass is 10.2. The Morgan fingerprint density at radius 3 is 2.58 bits per heavy atom. The highest BCUT2D eigenvalue weighted by Gasteiger charge is 2.37. The van der Waals surface area contributed by atoms with Crippen molar-refractivity contribution in [1.82, 2.24) is 14.4 Å². The van der Waals surface area contributed by atoms with Gasteiger partial charge in [0.15, 0.2) is 0 Å². The second-order valence-electron chi connectivity index (χ2n) is 7.62. The molecule has 31 heavy (non-hydrogen) atoms. The van der Waals surface area contributed by atoms with Crippen LogP contribution in [0.2, 0.25) is 5.02 Å². The summed E-state index contributed by atoms with van der Waals surface area (Å²) < 4.78 is 15.4. The number of halogens is 2. The summed E-state index contributed by atoms with van der Waals surface area (Å²) in [4.78, 5) is 40.5. The van der Waals surface area contributed by atoms with Gasteiger partial charge in [0, 0.05) is 30.2 Å². The third-order valence-electron chi connectivity index (χ3n) is 5.54. The Morgan fingerprint density at radius 1 is 1.19 bits per heavy atom. The van der Waals surface area contributed by atoms with Gasteiger partial charge in [0.05, 0.1) is 9.93 Å². The number of likely N-dealkylation sites (tertiary alicyclic amines) is 1. The fourth-order valence-corrected chi connectivity index (χ4v) is 4.94. The first-order valence-corrected chi connectivity index (χ1v) is 11.1. The van der Waals surface area contributed by atoms with E-state index in [1.165, 1.54) is 6.07 Å². The molecule has 0 saturated carbocycles. The maximum Gasteiger partial charge on any atom is 0.294 e. The number of aryl methyl sites for hydroxylation is 1. The molecule has 2 aromatic rings. The lowest BCUT2D eigenvalue weighted by molar-refractivity contribution is -0.135. The molecule has 0 N–H and O–H groups in total. The third kappa shape index (κ3) is 4.14. The van der Waals surface area contributed by atoms with Crippen molar-refractivity contribution in [3.8, 4) is 5.69 Å². The van der Waals surface area contributed by atoms with Crippen LogP contribution in [-0.4, -0.2) is 51.1 Å². The summed E-state index contributed by atoms with van der Waals surface area (Å²) in [5.41, 5.74) is 3.15. The number of hydrogen-bond donors (Lipinski definition) is 0. The molecule has 2 fully saturated rings. The largest absolute Gasteiger partial charge is 0.341 e. The van der Waals surface area contributed by atoms with E-state index in [0.29, 0.717) is 18.8 Å². The molecule has 0 aliphatic carbocycles. The number of rotatable bonds is 4. The van der Waals surface area contributed by atoms with Crippen LogP contribution in [0, 0.1) is 19.7 Å². The van der Waals surface area contributed by atoms with Gasteiger partial charge in [-0.2, -0.15) is 0 Å². The molecule has 162 valence electrons. The smallest absolute Gasteiger partial charge is 0.294 e. The average molecular weight is 462 g/mol. The summed E-state index contributed by atoms with van der Waals surface area (Å²) in [6.07, 6.45) is 3.56. The van der Waals surface area contributed by atoms with Crippen LogP contribution in [0.1, 0.15) is 29.8 Å². The molecule has 1 aromatic heterocycles. The number of carbonyl (C=O) groups excluding carboxylic acids is 3. The Kier molecular flexibility index (Phi) is 5.94. The number of imide groups is 1. The minimum absolute atomic E-state index is 0.0235. The minimum Gasteiger partial charge on any atom is -0.341 e. The number of nitrogens with zero attached hydrogens (tertiary/aromatic N) is 3. The van der Waals surface area contributed by atoms with Crippen molar-refractivity contribution in [2.24, 2.45) is 0 Å². The Balaban J connectivity index is 1.59. The van der Waals surface area contributed by atoms with Crippen LogP contribution in [0.3, 0.4) is 0 Å². The van der Waals surface area contributed by atoms with E-state index in [2.05, 4.69) is 0 Å². The molecule has 2 aliphatic heterocycles. The average Bonchev–Trinajstić information content (AvgIpc) is 3.41. The van der Waals surface area contributed by atoms with Crippen molar-refractivity contribution < 1.29 is 18.8 Å². The van der Waals surface area contributed by atoms with E-state index < -0.39 is 17.0 Å². The van der Waals surface area contributed by atoms with Crippen molar-refractivity contribution in [3.05, 3.63) is 57.0 Å². The van der Waals surface area contributed by atoms with Crippen LogP contribution in [0.15, 0.2) is 29.2 Å². The van der Waals surface area contributed by atoms with Gasteiger partial charge in [-0.1, -0.05) is 11.6 Å². The van der Waals surface area contributed by atoms with E-state index in [1.807, 2.05) is 24.5 Å². The van der Waals surface area contributed by atoms with Gasteiger partial charge in [0.25, 0.3) is 11.1 Å². The van der Waals surface area contributed by atoms with Crippen molar-refractivity contribution in [3.63, 3.8) is 0 Å². The number of aromatic nitrogens is 1. The van der Waals surface area contributed by atoms with Gasteiger partial charge < -0.3 is 9.47 Å². The number of hydrogen-bond acceptors (Lipinski definition) is 4. The van der Waals surface area contributed by atoms with Gasteiger partial charge in [0.2, 0.25) is 5.91 Å². The number of thioether (sulfide) groups is 1. The standard InChI is InChI=1S/C22H21ClFN3O3S/c1-13-9-15(14(2)27(13)16-5-6-18(24)17(23)11-16)10-19-21(29)26(22(30)31-19)12-20(28)25-7-3-4-8-25/h5-6,9-11H,3-4,7-8,12H2,1-2H3/b19-10+. The summed E-state index contributed by atoms with van der Waals surface area (Å²) in [7, 11) is 0. The second kappa shape index (κ2) is 8.51. The first-order valence-electron chi connectivity index (χ1n) is 9.94. The molecule has 1 aromatic carbocycles. The maximum absolute atomic E-state index is 13.5. The van der Waals surface area contributed by atoms with E-state index in [9.17, 15) is 18.8 Å². The zero-order valence-corrected chi connectivity index (χ0v) is 18.7. The molecule has 2 aliphatic rings. The molecule has 0 spiro atoms. The molecule has 0 unspecified atom stereocenters. The zero-order chi connectivity index (χ0) is 22.3. The lowest BCUT2D eigenvalue weighted by Gasteiger charge is -2.18. The molecular weight excluding hydrogens is 441 g/mol. The number of carbonyl (C=O) groups is 3. The fraction of sp³-hybridized carbons (Fsp3) is 0.318. The van der Waals surface area contributed by atoms with Crippen LogP contribution in [0.5, 0.6) is 0 Å². The van der Waals surface area contributed by atoms with Gasteiger partial charge in [-0.05, 0) is 74.4 Å². The number of benzene rings is 1. The summed E-state index contributed by atoms with van der Waals surface area (Å²) in [5, 5.41) is -0.418. The molecule has 0 radical (unpaired) electrons. The predicted molar refractivity (Wildman–Crippen MR) is 119 cm³/mol. The molecule has 0 bridgehead atoms. The van der Waals surface area contributed by atoms with Gasteiger partial charge in [-0.25, -0.2) is 4.39 Å². The van der Waals surface area contributed by atoms with E-state index in [4.69, 9.17) is 11.6 Å². The van der Waals surface area contributed by atoms with Crippen molar-refractivity contribution >= 4 is 46.5 Å². The second-order valence-corrected chi connectivity index (χ2v) is 9.02. The van der Waals surface area contributed by atoms with Gasteiger partial charge in [-0.15, -0.1) is 0 Å². The molecule has 2 saturated heterocycles. The topological polar surface area (TPSA) is 62.6 Å². The first kappa shape index (κ1) is 21.6. The lowest BCUT2D eigenvalue weighted by Crippen LogP contribution is -2.40. The number of amides is 3. The van der Waals surface area contributed by atoms with Crippen molar-refractivity contribution in [2.45, 2.75) is 26.7 Å². The maximum atomic E-state index is 13.5. The molecule has 0 atom stereocenters. The summed E-state index contributed by atoms with van der Waals surface area (Å²) in [6, 6.07) is 6.36. The van der Waals surface area contributed by atoms with Crippen LogP contribution in [-0.2, 0) is 9.59 Å². The predicted octanol–water partition coefficient (Wildman–Crippen LogP) is 4.55. The monoisotopic (exact) mass is 461 g/mol. The normalized spacial score (nSPS) is 18.0. The molecule has 9 heteroatoms. The Hall–Kier alpha value is -2.58. The molecule has 6 nitrogen and oxygen atoms in total. The Morgan fingerprint density at radius 2 is 1.90 bits per heavy atom. The SMILES string of the molecule is Cc1cc(/C=C2/SC(=O)N(CC(=O)N3CCCC3)C2=O)c(C)n1-c1ccc(F)c(Cl)c1. The molecule has 4 rings (SSSR count). The van der Waals surface area contributed by atoms with E-state index in [1.54, 1.807) is 23.1 Å². The van der Waals surface area contributed by atoms with Gasteiger partial charge in [-0.3, -0.25) is 19.3 Å². The van der Waals surface area contributed by atoms with Gasteiger partial charge in [0.1, 0.15) is 12.4 Å². The highest BCUT2D eigenvalue weighted by atomic mass is 35.5. The van der Waals surface area contributed by atoms with E-state index >= 15 is 0 Å². The quantitative estimate of drug-likeness (QED) is 0.627. The molecule has 3 amide bonds. The zero-order valence-electron chi connectivity index (χ0n) is 17.2. The van der Waals surface area contributed by atoms with E-state index in [0.717, 1.165) is 46.5 Å². The first-order chi connectivity index (χ1) is 14.8. The Bertz CT molecular complexity index is 1120. The van der Waals surface area contributed by atoms with E-state index in [-0.39, 0.29) is 22.4 Å². The molecular formula is C22H21ClFN3O3S. The summed E-state index contributed by atoms with van der Waals surface area (Å²) >= 11 is 6.76. The highest BCUT2D eigenvalue weighted by Crippen LogP contribution is 2.34. The van der Waals surface area contributed by atoms with Crippen molar-refractivity contribution in [1.29, 1.82) is 0 Å². The van der Waals surface area contributed by atoms with Crippen LogP contribution in [0.4, 0.5) is 9.18 Å².